The zero-order valence-corrected chi connectivity index (χ0v) is 13.7. The average Bonchev–Trinajstić information content (AvgIpc) is 3.13. The molecule has 2 aliphatic carbocycles. The molecule has 0 aliphatic heterocycles. The Morgan fingerprint density at radius 2 is 1.35 bits per heavy atom. The predicted molar refractivity (Wildman–Crippen MR) is 80.9 cm³/mol. The standard InChI is InChI=1S/C17H32O3/c1-16(2,14-9-10-14)20-13-17(11-18-3,12-19-4)15-7-5-6-8-15/h14-15H,5-13H2,1-4H3. The van der Waals surface area contributed by atoms with Crippen molar-refractivity contribution in [3.8, 4) is 0 Å². The highest BCUT2D eigenvalue weighted by molar-refractivity contribution is 4.93. The summed E-state index contributed by atoms with van der Waals surface area (Å²) in [6, 6.07) is 0. The molecule has 0 N–H and O–H groups in total. The molecule has 0 radical (unpaired) electrons. The van der Waals surface area contributed by atoms with Crippen LogP contribution in [0.1, 0.15) is 52.4 Å². The summed E-state index contributed by atoms with van der Waals surface area (Å²) in [5, 5.41) is 0. The fraction of sp³-hybridized carbons (Fsp3) is 1.00. The van der Waals surface area contributed by atoms with Crippen molar-refractivity contribution in [3.05, 3.63) is 0 Å². The average molecular weight is 284 g/mol. The van der Waals surface area contributed by atoms with Crippen LogP contribution >= 0.6 is 0 Å². The van der Waals surface area contributed by atoms with E-state index in [1.807, 2.05) is 0 Å². The maximum Gasteiger partial charge on any atom is 0.0654 e. The fourth-order valence-corrected chi connectivity index (χ4v) is 3.82. The molecule has 2 rings (SSSR count). The highest BCUT2D eigenvalue weighted by Crippen LogP contribution is 2.45. The van der Waals surface area contributed by atoms with E-state index < -0.39 is 0 Å². The molecule has 3 nitrogen and oxygen atoms in total. The van der Waals surface area contributed by atoms with Gasteiger partial charge in [0.2, 0.25) is 0 Å². The van der Waals surface area contributed by atoms with Crippen molar-refractivity contribution >= 4 is 0 Å². The van der Waals surface area contributed by atoms with E-state index in [1.165, 1.54) is 38.5 Å². The molecule has 0 spiro atoms. The summed E-state index contributed by atoms with van der Waals surface area (Å²) in [7, 11) is 3.59. The van der Waals surface area contributed by atoms with Gasteiger partial charge in [-0.1, -0.05) is 12.8 Å². The molecule has 0 saturated heterocycles. The Kier molecular flexibility index (Phi) is 5.49. The molecule has 20 heavy (non-hydrogen) atoms. The third-order valence-corrected chi connectivity index (χ3v) is 5.38. The molecule has 0 amide bonds. The fourth-order valence-electron chi connectivity index (χ4n) is 3.82. The van der Waals surface area contributed by atoms with Crippen LogP contribution in [0.3, 0.4) is 0 Å². The van der Waals surface area contributed by atoms with Crippen LogP contribution in [0.25, 0.3) is 0 Å². The maximum atomic E-state index is 6.38. The van der Waals surface area contributed by atoms with Crippen molar-refractivity contribution in [1.29, 1.82) is 0 Å². The molecule has 0 atom stereocenters. The lowest BCUT2D eigenvalue weighted by molar-refractivity contribution is -0.131. The lowest BCUT2D eigenvalue weighted by Crippen LogP contribution is -2.45. The van der Waals surface area contributed by atoms with E-state index in [0.717, 1.165) is 25.7 Å². The van der Waals surface area contributed by atoms with E-state index >= 15 is 0 Å². The molecule has 0 unspecified atom stereocenters. The van der Waals surface area contributed by atoms with Gasteiger partial charge in [-0.2, -0.15) is 0 Å². The Balaban J connectivity index is 2.03. The normalized spacial score (nSPS) is 21.6. The minimum absolute atomic E-state index is 0.00529. The van der Waals surface area contributed by atoms with Crippen LogP contribution in [-0.2, 0) is 14.2 Å². The van der Waals surface area contributed by atoms with Gasteiger partial charge in [0.25, 0.3) is 0 Å². The topological polar surface area (TPSA) is 27.7 Å². The van der Waals surface area contributed by atoms with E-state index in [2.05, 4.69) is 13.8 Å². The first-order valence-electron chi connectivity index (χ1n) is 8.16. The molecule has 3 heteroatoms. The van der Waals surface area contributed by atoms with Crippen LogP contribution in [0.15, 0.2) is 0 Å². The summed E-state index contributed by atoms with van der Waals surface area (Å²) in [4.78, 5) is 0. The van der Waals surface area contributed by atoms with E-state index in [1.54, 1.807) is 14.2 Å². The van der Waals surface area contributed by atoms with Crippen LogP contribution in [0.2, 0.25) is 0 Å². The van der Waals surface area contributed by atoms with Gasteiger partial charge >= 0.3 is 0 Å². The molecule has 0 heterocycles. The minimum atomic E-state index is 0.00529. The van der Waals surface area contributed by atoms with E-state index in [-0.39, 0.29) is 11.0 Å². The lowest BCUT2D eigenvalue weighted by atomic mass is 9.75. The van der Waals surface area contributed by atoms with Crippen molar-refractivity contribution in [2.24, 2.45) is 17.3 Å². The second-order valence-electron chi connectivity index (χ2n) is 7.38. The lowest BCUT2D eigenvalue weighted by Gasteiger charge is -2.40. The van der Waals surface area contributed by atoms with Gasteiger partial charge in [0.15, 0.2) is 0 Å². The van der Waals surface area contributed by atoms with Crippen LogP contribution in [-0.4, -0.2) is 39.6 Å². The van der Waals surface area contributed by atoms with Crippen molar-refractivity contribution < 1.29 is 14.2 Å². The van der Waals surface area contributed by atoms with E-state index in [0.29, 0.717) is 5.92 Å². The zero-order valence-electron chi connectivity index (χ0n) is 13.7. The Bertz CT molecular complexity index is 285. The van der Waals surface area contributed by atoms with Crippen LogP contribution in [0, 0.1) is 17.3 Å². The summed E-state index contributed by atoms with van der Waals surface area (Å²) >= 11 is 0. The highest BCUT2D eigenvalue weighted by atomic mass is 16.5. The Morgan fingerprint density at radius 1 is 0.800 bits per heavy atom. The maximum absolute atomic E-state index is 6.38. The van der Waals surface area contributed by atoms with Crippen LogP contribution in [0.5, 0.6) is 0 Å². The van der Waals surface area contributed by atoms with Gasteiger partial charge < -0.3 is 14.2 Å². The van der Waals surface area contributed by atoms with Gasteiger partial charge in [0.1, 0.15) is 0 Å². The van der Waals surface area contributed by atoms with Gasteiger partial charge in [-0.3, -0.25) is 0 Å². The summed E-state index contributed by atoms with van der Waals surface area (Å²) in [6.07, 6.45) is 7.90. The molecule has 0 aromatic heterocycles. The predicted octanol–water partition coefficient (Wildman–Crippen LogP) is 3.66. The molecule has 118 valence electrons. The molecule has 2 fully saturated rings. The molecular weight excluding hydrogens is 252 g/mol. The number of rotatable bonds is 9. The molecule has 2 aliphatic rings. The van der Waals surface area contributed by atoms with Gasteiger partial charge in [-0.05, 0) is 51.4 Å². The first-order chi connectivity index (χ1) is 9.54. The second kappa shape index (κ2) is 6.76. The van der Waals surface area contributed by atoms with E-state index in [9.17, 15) is 0 Å². The first-order valence-corrected chi connectivity index (χ1v) is 8.16. The van der Waals surface area contributed by atoms with Crippen LogP contribution in [0.4, 0.5) is 0 Å². The number of methoxy groups -OCH3 is 2. The van der Waals surface area contributed by atoms with Crippen LogP contribution < -0.4 is 0 Å². The number of hydrogen-bond acceptors (Lipinski definition) is 3. The molecular formula is C17H32O3. The SMILES string of the molecule is COCC(COC)(COC(C)(C)C1CC1)C1CCCC1. The summed E-state index contributed by atoms with van der Waals surface area (Å²) in [5.41, 5.74) is 0.0392. The molecule has 0 bridgehead atoms. The van der Waals surface area contributed by atoms with Crippen molar-refractivity contribution in [2.75, 3.05) is 34.0 Å². The van der Waals surface area contributed by atoms with Gasteiger partial charge in [0, 0.05) is 19.6 Å². The Labute approximate surface area is 124 Å². The molecule has 0 aromatic carbocycles. The zero-order chi connectivity index (χ0) is 14.6. The Morgan fingerprint density at radius 3 is 1.80 bits per heavy atom. The third kappa shape index (κ3) is 3.75. The van der Waals surface area contributed by atoms with E-state index in [4.69, 9.17) is 14.2 Å². The van der Waals surface area contributed by atoms with Crippen molar-refractivity contribution in [3.63, 3.8) is 0 Å². The first kappa shape index (κ1) is 16.3. The molecule has 0 aromatic rings. The molecule has 2 saturated carbocycles. The van der Waals surface area contributed by atoms with Crippen molar-refractivity contribution in [1.82, 2.24) is 0 Å². The minimum Gasteiger partial charge on any atom is -0.384 e. The largest absolute Gasteiger partial charge is 0.384 e. The smallest absolute Gasteiger partial charge is 0.0654 e. The summed E-state index contributed by atoms with van der Waals surface area (Å²) in [6.45, 7) is 6.73. The van der Waals surface area contributed by atoms with Gasteiger partial charge in [-0.25, -0.2) is 0 Å². The quantitative estimate of drug-likeness (QED) is 0.646. The second-order valence-corrected chi connectivity index (χ2v) is 7.38. The number of ether oxygens (including phenoxy) is 3. The summed E-state index contributed by atoms with van der Waals surface area (Å²) < 4.78 is 17.5. The van der Waals surface area contributed by atoms with Gasteiger partial charge in [-0.15, -0.1) is 0 Å². The Hall–Kier alpha value is -0.120. The monoisotopic (exact) mass is 284 g/mol. The summed E-state index contributed by atoms with van der Waals surface area (Å²) in [5.74, 6) is 1.42. The third-order valence-electron chi connectivity index (χ3n) is 5.38. The van der Waals surface area contributed by atoms with Gasteiger partial charge in [0.05, 0.1) is 25.4 Å². The number of hydrogen-bond donors (Lipinski definition) is 0. The highest BCUT2D eigenvalue weighted by Gasteiger charge is 2.45. The van der Waals surface area contributed by atoms with Crippen molar-refractivity contribution in [2.45, 2.75) is 58.0 Å².